The minimum Gasteiger partial charge on any atom is -0.480 e. The molecule has 0 bridgehead atoms. The molecule has 8 N–H and O–H groups in total. The van der Waals surface area contributed by atoms with E-state index in [2.05, 4.69) is 10.6 Å². The van der Waals surface area contributed by atoms with Gasteiger partial charge in [0.15, 0.2) is 0 Å². The van der Waals surface area contributed by atoms with Crippen LogP contribution in [0, 0.1) is 0 Å². The van der Waals surface area contributed by atoms with Crippen molar-refractivity contribution in [2.75, 3.05) is 19.7 Å². The van der Waals surface area contributed by atoms with E-state index < -0.39 is 61.6 Å². The van der Waals surface area contributed by atoms with Gasteiger partial charge in [-0.1, -0.05) is 0 Å². The van der Waals surface area contributed by atoms with Crippen LogP contribution in [0.3, 0.4) is 0 Å². The molecule has 3 amide bonds. The number of aliphatic hydroxyl groups is 2. The molecule has 0 saturated carbocycles. The molecule has 0 rings (SSSR count). The van der Waals surface area contributed by atoms with Crippen LogP contribution in [-0.4, -0.2) is 76.9 Å². The number of nitrogens with two attached hydrogens (primary N) is 1. The zero-order valence-electron chi connectivity index (χ0n) is 11.9. The van der Waals surface area contributed by atoms with Crippen molar-refractivity contribution < 1.29 is 34.5 Å². The van der Waals surface area contributed by atoms with Gasteiger partial charge in [-0.05, 0) is 6.92 Å². The largest absolute Gasteiger partial charge is 0.480 e. The zero-order chi connectivity index (χ0) is 17.3. The summed E-state index contributed by atoms with van der Waals surface area (Å²) < 4.78 is 0. The van der Waals surface area contributed by atoms with E-state index in [1.807, 2.05) is 5.32 Å². The number of aliphatic hydroxyl groups excluding tert-OH is 2. The molecule has 0 saturated heterocycles. The fourth-order valence-corrected chi connectivity index (χ4v) is 1.23. The first kappa shape index (κ1) is 19.8. The first-order valence-electron chi connectivity index (χ1n) is 6.30. The number of rotatable bonds is 9. The molecule has 126 valence electrons. The van der Waals surface area contributed by atoms with E-state index in [0.717, 1.165) is 0 Å². The maximum atomic E-state index is 11.5. The maximum absolute atomic E-state index is 11.5. The lowest BCUT2D eigenvalue weighted by molar-refractivity contribution is -0.138. The maximum Gasteiger partial charge on any atom is 0.322 e. The van der Waals surface area contributed by atoms with Crippen LogP contribution in [0.4, 0.5) is 0 Å². The highest BCUT2D eigenvalue weighted by atomic mass is 16.4. The first-order valence-corrected chi connectivity index (χ1v) is 6.30. The Bertz CT molecular complexity index is 427. The molecule has 0 aromatic rings. The SMILES string of the molecule is CC(O)C(N)C(=O)NCC(=O)NC(CO)C(=O)NCC(=O)O. The van der Waals surface area contributed by atoms with Gasteiger partial charge in [0.25, 0.3) is 0 Å². The van der Waals surface area contributed by atoms with E-state index in [4.69, 9.17) is 21.1 Å². The van der Waals surface area contributed by atoms with Gasteiger partial charge < -0.3 is 37.0 Å². The Kier molecular flexibility index (Phi) is 8.67. The van der Waals surface area contributed by atoms with Crippen LogP contribution < -0.4 is 21.7 Å². The molecule has 11 heteroatoms. The molecule has 0 aromatic carbocycles. The van der Waals surface area contributed by atoms with Gasteiger partial charge in [-0.2, -0.15) is 0 Å². The minimum absolute atomic E-state index is 0.526. The lowest BCUT2D eigenvalue weighted by Gasteiger charge is -2.17. The summed E-state index contributed by atoms with van der Waals surface area (Å²) in [5, 5.41) is 32.7. The van der Waals surface area contributed by atoms with Crippen molar-refractivity contribution >= 4 is 23.7 Å². The number of amides is 3. The number of nitrogens with one attached hydrogen (secondary N) is 3. The lowest BCUT2D eigenvalue weighted by Crippen LogP contribution is -2.54. The third-order valence-electron chi connectivity index (χ3n) is 2.49. The third kappa shape index (κ3) is 7.52. The van der Waals surface area contributed by atoms with Crippen LogP contribution in [0.15, 0.2) is 0 Å². The van der Waals surface area contributed by atoms with Crippen LogP contribution in [-0.2, 0) is 19.2 Å². The Labute approximate surface area is 125 Å². The fraction of sp³-hybridized carbons (Fsp3) is 0.636. The first-order chi connectivity index (χ1) is 10.2. The highest BCUT2D eigenvalue weighted by Crippen LogP contribution is 1.88. The molecule has 0 aliphatic heterocycles. The number of hydrogen-bond donors (Lipinski definition) is 7. The number of hydrogen-bond acceptors (Lipinski definition) is 7. The summed E-state index contributed by atoms with van der Waals surface area (Å²) in [6, 6.07) is -2.56. The highest BCUT2D eigenvalue weighted by Gasteiger charge is 2.22. The Morgan fingerprint density at radius 1 is 1.09 bits per heavy atom. The van der Waals surface area contributed by atoms with Gasteiger partial charge >= 0.3 is 5.97 Å². The molecule has 3 atom stereocenters. The van der Waals surface area contributed by atoms with E-state index in [-0.39, 0.29) is 0 Å². The van der Waals surface area contributed by atoms with Gasteiger partial charge in [0.2, 0.25) is 17.7 Å². The van der Waals surface area contributed by atoms with Gasteiger partial charge in [-0.3, -0.25) is 19.2 Å². The number of carbonyl (C=O) groups is 4. The molecule has 0 aliphatic rings. The number of aliphatic carboxylic acids is 1. The second kappa shape index (κ2) is 9.65. The summed E-state index contributed by atoms with van der Waals surface area (Å²) >= 11 is 0. The average molecular weight is 320 g/mol. The van der Waals surface area contributed by atoms with Gasteiger partial charge in [0.1, 0.15) is 18.6 Å². The quantitative estimate of drug-likeness (QED) is 0.221. The predicted octanol–water partition coefficient (Wildman–Crippen LogP) is -4.51. The van der Waals surface area contributed by atoms with Gasteiger partial charge in [-0.15, -0.1) is 0 Å². The Morgan fingerprint density at radius 3 is 2.09 bits per heavy atom. The highest BCUT2D eigenvalue weighted by molar-refractivity contribution is 5.92. The molecule has 3 unspecified atom stereocenters. The second-order valence-corrected chi connectivity index (χ2v) is 4.40. The second-order valence-electron chi connectivity index (χ2n) is 4.40. The van der Waals surface area contributed by atoms with Crippen molar-refractivity contribution in [2.24, 2.45) is 5.73 Å². The smallest absolute Gasteiger partial charge is 0.322 e. The van der Waals surface area contributed by atoms with Crippen molar-refractivity contribution in [1.82, 2.24) is 16.0 Å². The average Bonchev–Trinajstić information content (AvgIpc) is 2.46. The molecule has 0 aromatic heterocycles. The summed E-state index contributed by atoms with van der Waals surface area (Å²) in [4.78, 5) is 44.6. The molecule has 22 heavy (non-hydrogen) atoms. The van der Waals surface area contributed by atoms with Crippen molar-refractivity contribution in [3.63, 3.8) is 0 Å². The van der Waals surface area contributed by atoms with E-state index >= 15 is 0 Å². The van der Waals surface area contributed by atoms with Crippen LogP contribution in [0.2, 0.25) is 0 Å². The van der Waals surface area contributed by atoms with Crippen molar-refractivity contribution in [1.29, 1.82) is 0 Å². The monoisotopic (exact) mass is 320 g/mol. The fourth-order valence-electron chi connectivity index (χ4n) is 1.23. The molecule has 0 radical (unpaired) electrons. The summed E-state index contributed by atoms with van der Waals surface area (Å²) in [5.41, 5.74) is 5.34. The topological polar surface area (TPSA) is 191 Å². The van der Waals surface area contributed by atoms with Crippen LogP contribution >= 0.6 is 0 Å². The Balaban J connectivity index is 4.29. The molecule has 11 nitrogen and oxygen atoms in total. The third-order valence-corrected chi connectivity index (χ3v) is 2.49. The number of carbonyl (C=O) groups excluding carboxylic acids is 3. The van der Waals surface area contributed by atoms with Crippen molar-refractivity contribution in [3.05, 3.63) is 0 Å². The zero-order valence-corrected chi connectivity index (χ0v) is 11.9. The number of carboxylic acids is 1. The van der Waals surface area contributed by atoms with E-state index in [1.54, 1.807) is 0 Å². The molecular formula is C11H20N4O7. The lowest BCUT2D eigenvalue weighted by atomic mass is 10.2. The van der Waals surface area contributed by atoms with Crippen LogP contribution in [0.5, 0.6) is 0 Å². The van der Waals surface area contributed by atoms with Crippen molar-refractivity contribution in [2.45, 2.75) is 25.1 Å². The molecule has 0 fully saturated rings. The van der Waals surface area contributed by atoms with E-state index in [0.29, 0.717) is 0 Å². The normalized spacial score (nSPS) is 14.4. The predicted molar refractivity (Wildman–Crippen MR) is 72.3 cm³/mol. The molecular weight excluding hydrogens is 300 g/mol. The van der Waals surface area contributed by atoms with Gasteiger partial charge in [0.05, 0.1) is 19.3 Å². The van der Waals surface area contributed by atoms with Crippen molar-refractivity contribution in [3.8, 4) is 0 Å². The number of carboxylic acid groups (broad SMARTS) is 1. The van der Waals surface area contributed by atoms with Gasteiger partial charge in [-0.25, -0.2) is 0 Å². The van der Waals surface area contributed by atoms with E-state index in [9.17, 15) is 19.2 Å². The van der Waals surface area contributed by atoms with E-state index in [1.165, 1.54) is 6.92 Å². The summed E-state index contributed by atoms with van der Waals surface area (Å²) in [5.74, 6) is -3.72. The Morgan fingerprint density at radius 2 is 1.64 bits per heavy atom. The van der Waals surface area contributed by atoms with Crippen LogP contribution in [0.25, 0.3) is 0 Å². The Hall–Kier alpha value is -2.24. The van der Waals surface area contributed by atoms with Crippen LogP contribution in [0.1, 0.15) is 6.92 Å². The minimum atomic E-state index is -1.35. The molecule has 0 spiro atoms. The summed E-state index contributed by atoms with van der Waals surface area (Å²) in [6.45, 7) is -0.635. The summed E-state index contributed by atoms with van der Waals surface area (Å²) in [6.07, 6.45) is -1.10. The molecule has 0 heterocycles. The van der Waals surface area contributed by atoms with Gasteiger partial charge in [0, 0.05) is 0 Å². The standard InChI is InChI=1S/C11H20N4O7/c1-5(17)9(12)11(22)13-2-7(18)15-6(4-16)10(21)14-3-8(19)20/h5-6,9,16-17H,2-4,12H2,1H3,(H,13,22)(H,14,21)(H,15,18)(H,19,20). The summed E-state index contributed by atoms with van der Waals surface area (Å²) in [7, 11) is 0. The molecule has 0 aliphatic carbocycles.